The summed E-state index contributed by atoms with van der Waals surface area (Å²) in [7, 11) is 0. The fourth-order valence-corrected chi connectivity index (χ4v) is 4.10. The van der Waals surface area contributed by atoms with Gasteiger partial charge in [0.15, 0.2) is 5.82 Å². The summed E-state index contributed by atoms with van der Waals surface area (Å²) in [6, 6.07) is 18.1. The number of amides is 2. The molecule has 0 radical (unpaired) electrons. The van der Waals surface area contributed by atoms with Gasteiger partial charge in [-0.1, -0.05) is 41.9 Å². The van der Waals surface area contributed by atoms with Crippen molar-refractivity contribution in [3.8, 4) is 0 Å². The normalized spacial score (nSPS) is 11.4. The minimum atomic E-state index is -0.528. The molecule has 2 aromatic heterocycles. The van der Waals surface area contributed by atoms with Crippen molar-refractivity contribution >= 4 is 50.8 Å². The Morgan fingerprint density at radius 2 is 1.73 bits per heavy atom. The predicted octanol–water partition coefficient (Wildman–Crippen LogP) is 5.20. The molecule has 0 atom stereocenters. The minimum Gasteiger partial charge on any atom is -0.342 e. The Hall–Kier alpha value is -3.16. The number of anilines is 1. The molecular weight excluding hydrogens is 420 g/mol. The first kappa shape index (κ1) is 20.1. The molecule has 4 rings (SSSR count). The highest BCUT2D eigenvalue weighted by atomic mass is 35.5. The maximum Gasteiger partial charge on any atom is 0.262 e. The second kappa shape index (κ2) is 7.93. The maximum absolute atomic E-state index is 12.9. The highest BCUT2D eigenvalue weighted by Crippen LogP contribution is 2.30. The Balaban J connectivity index is 1.53. The average Bonchev–Trinajstić information content (AvgIpc) is 3.31. The molecule has 0 aliphatic carbocycles. The van der Waals surface area contributed by atoms with Crippen LogP contribution in [0.5, 0.6) is 0 Å². The van der Waals surface area contributed by atoms with Crippen LogP contribution >= 0.6 is 22.9 Å². The monoisotopic (exact) mass is 438 g/mol. The number of hydrogen-bond acceptors (Lipinski definition) is 4. The second-order valence-corrected chi connectivity index (χ2v) is 8.82. The largest absolute Gasteiger partial charge is 0.342 e. The molecule has 0 fully saturated rings. The van der Waals surface area contributed by atoms with Crippen molar-refractivity contribution < 1.29 is 9.59 Å². The Morgan fingerprint density at radius 3 is 2.43 bits per heavy atom. The van der Waals surface area contributed by atoms with Gasteiger partial charge in [-0.15, -0.1) is 11.3 Å². The summed E-state index contributed by atoms with van der Waals surface area (Å²) in [6.07, 6.45) is 0. The minimum absolute atomic E-state index is 0.187. The lowest BCUT2D eigenvalue weighted by Crippen LogP contribution is -2.40. The predicted molar refractivity (Wildman–Crippen MR) is 120 cm³/mol. The Labute approximate surface area is 182 Å². The highest BCUT2D eigenvalue weighted by molar-refractivity contribution is 7.20. The van der Waals surface area contributed by atoms with E-state index in [0.717, 1.165) is 5.56 Å². The van der Waals surface area contributed by atoms with Crippen LogP contribution < -0.4 is 10.6 Å². The summed E-state index contributed by atoms with van der Waals surface area (Å²) >= 11 is 7.16. The Bertz CT molecular complexity index is 1210. The van der Waals surface area contributed by atoms with Crippen molar-refractivity contribution in [1.82, 2.24) is 15.5 Å². The topological polar surface area (TPSA) is 86.9 Å². The van der Waals surface area contributed by atoms with Crippen LogP contribution in [0.3, 0.4) is 0 Å². The van der Waals surface area contributed by atoms with Gasteiger partial charge in [0.05, 0.1) is 15.8 Å². The molecule has 2 amide bonds. The molecule has 3 N–H and O–H groups in total. The number of hydrogen-bond donors (Lipinski definition) is 3. The zero-order valence-corrected chi connectivity index (χ0v) is 17.9. The quantitative estimate of drug-likeness (QED) is 0.400. The van der Waals surface area contributed by atoms with Crippen molar-refractivity contribution in [3.05, 3.63) is 81.7 Å². The van der Waals surface area contributed by atoms with E-state index in [2.05, 4.69) is 20.8 Å². The first-order valence-electron chi connectivity index (χ1n) is 9.26. The molecule has 0 spiro atoms. The molecule has 152 valence electrons. The number of rotatable bonds is 5. The van der Waals surface area contributed by atoms with Gasteiger partial charge in [-0.05, 0) is 49.7 Å². The van der Waals surface area contributed by atoms with E-state index >= 15 is 0 Å². The van der Waals surface area contributed by atoms with Gasteiger partial charge in [0.1, 0.15) is 4.83 Å². The number of nitrogens with zero attached hydrogens (tertiary/aromatic N) is 1. The number of nitrogens with one attached hydrogen (secondary N) is 3. The summed E-state index contributed by atoms with van der Waals surface area (Å²) < 4.78 is 0. The third-order valence-corrected chi connectivity index (χ3v) is 6.03. The van der Waals surface area contributed by atoms with Crippen molar-refractivity contribution in [3.63, 3.8) is 0 Å². The number of carbonyl (C=O) groups excluding carboxylic acids is 2. The van der Waals surface area contributed by atoms with E-state index in [1.165, 1.54) is 11.3 Å². The lowest BCUT2D eigenvalue weighted by atomic mass is 9.94. The van der Waals surface area contributed by atoms with Crippen LogP contribution in [0.1, 0.15) is 39.4 Å². The molecule has 2 aromatic carbocycles. The lowest BCUT2D eigenvalue weighted by molar-refractivity contribution is 0.0915. The zero-order valence-electron chi connectivity index (χ0n) is 16.3. The third kappa shape index (κ3) is 4.08. The van der Waals surface area contributed by atoms with E-state index in [4.69, 9.17) is 11.6 Å². The number of H-pyrrole nitrogens is 1. The van der Waals surface area contributed by atoms with E-state index in [1.807, 2.05) is 44.2 Å². The molecule has 0 saturated heterocycles. The molecule has 6 nitrogen and oxygen atoms in total. The lowest BCUT2D eigenvalue weighted by Gasteiger charge is -2.26. The molecule has 2 heterocycles. The van der Waals surface area contributed by atoms with Crippen LogP contribution in [-0.2, 0) is 5.54 Å². The number of thiophene rings is 1. The van der Waals surface area contributed by atoms with Crippen LogP contribution in [0.15, 0.2) is 60.7 Å². The van der Waals surface area contributed by atoms with E-state index in [-0.39, 0.29) is 11.8 Å². The summed E-state index contributed by atoms with van der Waals surface area (Å²) in [4.78, 5) is 26.6. The van der Waals surface area contributed by atoms with E-state index < -0.39 is 5.54 Å². The van der Waals surface area contributed by atoms with Crippen LogP contribution in [0, 0.1) is 0 Å². The summed E-state index contributed by atoms with van der Waals surface area (Å²) in [5, 5.41) is 14.1. The summed E-state index contributed by atoms with van der Waals surface area (Å²) in [6.45, 7) is 3.91. The fourth-order valence-electron chi connectivity index (χ4n) is 3.08. The summed E-state index contributed by atoms with van der Waals surface area (Å²) in [5.41, 5.74) is 0.950. The van der Waals surface area contributed by atoms with E-state index in [1.54, 1.807) is 30.3 Å². The van der Waals surface area contributed by atoms with Crippen LogP contribution in [0.4, 0.5) is 5.82 Å². The smallest absolute Gasteiger partial charge is 0.262 e. The molecule has 0 saturated carbocycles. The molecule has 0 unspecified atom stereocenters. The van der Waals surface area contributed by atoms with E-state index in [9.17, 15) is 9.59 Å². The van der Waals surface area contributed by atoms with Gasteiger partial charge in [-0.3, -0.25) is 14.7 Å². The Morgan fingerprint density at radius 1 is 1.03 bits per heavy atom. The van der Waals surface area contributed by atoms with Crippen molar-refractivity contribution in [1.29, 1.82) is 0 Å². The second-order valence-electron chi connectivity index (χ2n) is 7.33. The highest BCUT2D eigenvalue weighted by Gasteiger charge is 2.25. The van der Waals surface area contributed by atoms with Crippen molar-refractivity contribution in [2.45, 2.75) is 19.4 Å². The van der Waals surface area contributed by atoms with Crippen molar-refractivity contribution in [2.24, 2.45) is 0 Å². The third-order valence-electron chi connectivity index (χ3n) is 4.74. The molecule has 4 aromatic rings. The van der Waals surface area contributed by atoms with Gasteiger partial charge in [0.2, 0.25) is 0 Å². The van der Waals surface area contributed by atoms with Gasteiger partial charge in [-0.25, -0.2) is 0 Å². The number of fused-ring (bicyclic) bond motifs is 1. The van der Waals surface area contributed by atoms with Crippen molar-refractivity contribution in [2.75, 3.05) is 5.32 Å². The first-order chi connectivity index (χ1) is 14.3. The number of aromatic amines is 1. The fraction of sp³-hybridized carbons (Fsp3) is 0.136. The van der Waals surface area contributed by atoms with Crippen LogP contribution in [0.25, 0.3) is 10.2 Å². The van der Waals surface area contributed by atoms with Gasteiger partial charge < -0.3 is 10.6 Å². The van der Waals surface area contributed by atoms with Gasteiger partial charge >= 0.3 is 0 Å². The molecule has 30 heavy (non-hydrogen) atoms. The number of aromatic nitrogens is 2. The molecule has 8 heteroatoms. The van der Waals surface area contributed by atoms with E-state index in [0.29, 0.717) is 31.5 Å². The zero-order chi connectivity index (χ0) is 21.3. The molecule has 0 aliphatic heterocycles. The first-order valence-corrected chi connectivity index (χ1v) is 10.5. The molecule has 0 aliphatic rings. The molecular formula is C22H19ClN4O2S. The van der Waals surface area contributed by atoms with Crippen LogP contribution in [0.2, 0.25) is 5.02 Å². The number of benzene rings is 2. The van der Waals surface area contributed by atoms with Gasteiger partial charge in [-0.2, -0.15) is 5.10 Å². The van der Waals surface area contributed by atoms with Gasteiger partial charge in [0, 0.05) is 10.6 Å². The average molecular weight is 439 g/mol. The maximum atomic E-state index is 12.9. The van der Waals surface area contributed by atoms with Gasteiger partial charge in [0.25, 0.3) is 11.8 Å². The standard InChI is InChI=1S/C22H19ClN4O2S/c1-22(2,14-6-4-3-5-7-14)25-20(29)17-12-16-18(26-27-21(16)30-17)24-19(28)13-8-10-15(23)11-9-13/h3-12H,1-2H3,(H,25,29)(H2,24,26,27,28). The molecule has 0 bridgehead atoms. The Kier molecular flexibility index (Phi) is 5.32. The summed E-state index contributed by atoms with van der Waals surface area (Å²) in [5.74, 6) is -0.113. The number of halogens is 1. The SMILES string of the molecule is CC(C)(NC(=O)c1cc2c(NC(=O)c3ccc(Cl)cc3)n[nH]c2s1)c1ccccc1. The number of carbonyl (C=O) groups is 2. The van der Waals surface area contributed by atoms with Crippen LogP contribution in [-0.4, -0.2) is 22.0 Å².